The lowest BCUT2D eigenvalue weighted by atomic mass is 10.1. The normalized spacial score (nSPS) is 18.7. The molecule has 1 saturated heterocycles. The Morgan fingerprint density at radius 2 is 2.04 bits per heavy atom. The Labute approximate surface area is 146 Å². The minimum atomic E-state index is -0.598. The van der Waals surface area contributed by atoms with Crippen LogP contribution in [0.25, 0.3) is 0 Å². The summed E-state index contributed by atoms with van der Waals surface area (Å²) in [5.41, 5.74) is 0.953. The maximum Gasteiger partial charge on any atom is 0.330 e. The zero-order valence-electron chi connectivity index (χ0n) is 13.4. The van der Waals surface area contributed by atoms with Crippen LogP contribution < -0.4 is 0 Å². The number of carbonyl (C=O) groups excluding carboxylic acids is 1. The molecule has 2 rings (SSSR count). The highest BCUT2D eigenvalue weighted by Gasteiger charge is 2.28. The number of hydrogen-bond donors (Lipinski definition) is 1. The van der Waals surface area contributed by atoms with Gasteiger partial charge in [0.1, 0.15) is 6.61 Å². The van der Waals surface area contributed by atoms with Crippen molar-refractivity contribution in [1.82, 2.24) is 0 Å². The summed E-state index contributed by atoms with van der Waals surface area (Å²) in [5, 5.41) is 10.0. The van der Waals surface area contributed by atoms with Gasteiger partial charge in [-0.15, -0.1) is 23.5 Å². The zero-order valence-corrected chi connectivity index (χ0v) is 15.1. The molecule has 0 bridgehead atoms. The highest BCUT2D eigenvalue weighted by atomic mass is 32.2. The van der Waals surface area contributed by atoms with Gasteiger partial charge in [0.2, 0.25) is 0 Å². The maximum atomic E-state index is 11.7. The fourth-order valence-corrected chi connectivity index (χ4v) is 5.28. The van der Waals surface area contributed by atoms with E-state index in [9.17, 15) is 9.90 Å². The van der Waals surface area contributed by atoms with Gasteiger partial charge in [0.25, 0.3) is 0 Å². The van der Waals surface area contributed by atoms with E-state index in [1.807, 2.05) is 53.9 Å². The average molecular weight is 353 g/mol. The smallest absolute Gasteiger partial charge is 0.330 e. The van der Waals surface area contributed by atoms with Crippen LogP contribution in [0.1, 0.15) is 31.7 Å². The minimum Gasteiger partial charge on any atom is -0.458 e. The van der Waals surface area contributed by atoms with Crippen LogP contribution in [0.4, 0.5) is 0 Å². The largest absolute Gasteiger partial charge is 0.458 e. The van der Waals surface area contributed by atoms with Crippen LogP contribution >= 0.6 is 23.5 Å². The third kappa shape index (κ3) is 7.02. The van der Waals surface area contributed by atoms with E-state index in [4.69, 9.17) is 4.74 Å². The molecule has 3 nitrogen and oxygen atoms in total. The molecule has 0 saturated carbocycles. The van der Waals surface area contributed by atoms with E-state index in [1.165, 1.54) is 30.1 Å². The number of hydrogen-bond acceptors (Lipinski definition) is 5. The van der Waals surface area contributed by atoms with Gasteiger partial charge in [-0.25, -0.2) is 4.79 Å². The predicted octanol–water partition coefficient (Wildman–Crippen LogP) is 4.01. The fraction of sp³-hybridized carbons (Fsp3) is 0.500. The van der Waals surface area contributed by atoms with E-state index in [-0.39, 0.29) is 10.7 Å². The molecule has 1 unspecified atom stereocenters. The average Bonchev–Trinajstić information content (AvgIpc) is 2.58. The molecule has 5 heteroatoms. The van der Waals surface area contributed by atoms with E-state index < -0.39 is 12.1 Å². The lowest BCUT2D eigenvalue weighted by Crippen LogP contribution is -2.22. The van der Waals surface area contributed by atoms with Crippen molar-refractivity contribution < 1.29 is 14.6 Å². The molecule has 1 N–H and O–H groups in total. The van der Waals surface area contributed by atoms with Crippen LogP contribution in [-0.4, -0.2) is 32.8 Å². The van der Waals surface area contributed by atoms with E-state index in [2.05, 4.69) is 6.92 Å². The number of ether oxygens (including phenoxy) is 1. The van der Waals surface area contributed by atoms with Crippen LogP contribution in [0.15, 0.2) is 42.5 Å². The van der Waals surface area contributed by atoms with Gasteiger partial charge in [-0.3, -0.25) is 0 Å². The van der Waals surface area contributed by atoms with Crippen LogP contribution in [0.3, 0.4) is 0 Å². The third-order valence-electron chi connectivity index (χ3n) is 3.68. The van der Waals surface area contributed by atoms with Gasteiger partial charge in [-0.2, -0.15) is 0 Å². The summed E-state index contributed by atoms with van der Waals surface area (Å²) in [6.45, 7) is 2.50. The van der Waals surface area contributed by atoms with Crippen molar-refractivity contribution in [3.05, 3.63) is 48.0 Å². The second kappa shape index (κ2) is 9.40. The van der Waals surface area contributed by atoms with Crippen LogP contribution in [0, 0.1) is 0 Å². The Hall–Kier alpha value is -0.910. The van der Waals surface area contributed by atoms with E-state index in [0.717, 1.165) is 12.0 Å². The van der Waals surface area contributed by atoms with Gasteiger partial charge in [0, 0.05) is 6.08 Å². The Bertz CT molecular complexity index is 510. The monoisotopic (exact) mass is 352 g/mol. The molecular weight excluding hydrogens is 328 g/mol. The first-order valence-electron chi connectivity index (χ1n) is 7.92. The van der Waals surface area contributed by atoms with Crippen molar-refractivity contribution in [2.75, 3.05) is 11.5 Å². The van der Waals surface area contributed by atoms with E-state index in [0.29, 0.717) is 6.42 Å². The first-order chi connectivity index (χ1) is 11.1. The molecule has 1 aromatic carbocycles. The Morgan fingerprint density at radius 3 is 2.74 bits per heavy atom. The molecule has 23 heavy (non-hydrogen) atoms. The number of aliphatic hydroxyl groups excluding tert-OH is 1. The van der Waals surface area contributed by atoms with Gasteiger partial charge in [0.15, 0.2) is 0 Å². The highest BCUT2D eigenvalue weighted by Crippen LogP contribution is 2.45. The first kappa shape index (κ1) is 18.4. The molecule has 1 heterocycles. The summed E-state index contributed by atoms with van der Waals surface area (Å²) in [6, 6.07) is 9.55. The molecule has 126 valence electrons. The van der Waals surface area contributed by atoms with Crippen molar-refractivity contribution in [2.24, 2.45) is 0 Å². The quantitative estimate of drug-likeness (QED) is 0.593. The van der Waals surface area contributed by atoms with Crippen molar-refractivity contribution >= 4 is 29.5 Å². The SMILES string of the molecule is CC1(CCC(O)/C=C/C(=O)OCc2ccccc2)SCCCS1. The second-order valence-electron chi connectivity index (χ2n) is 5.74. The summed E-state index contributed by atoms with van der Waals surface area (Å²) >= 11 is 3.95. The van der Waals surface area contributed by atoms with Crippen molar-refractivity contribution in [3.63, 3.8) is 0 Å². The van der Waals surface area contributed by atoms with Crippen molar-refractivity contribution in [1.29, 1.82) is 0 Å². The molecule has 1 aliphatic rings. The van der Waals surface area contributed by atoms with Gasteiger partial charge in [0.05, 0.1) is 10.2 Å². The molecule has 0 radical (unpaired) electrons. The summed E-state index contributed by atoms with van der Waals surface area (Å²) in [6.07, 6.45) is 5.14. The molecule has 1 aromatic rings. The lowest BCUT2D eigenvalue weighted by molar-refractivity contribution is -0.139. The lowest BCUT2D eigenvalue weighted by Gasteiger charge is -2.32. The fourth-order valence-electron chi connectivity index (χ4n) is 2.29. The summed E-state index contributed by atoms with van der Waals surface area (Å²) in [5.74, 6) is 1.98. The Balaban J connectivity index is 1.68. The summed E-state index contributed by atoms with van der Waals surface area (Å²) in [7, 11) is 0. The maximum absolute atomic E-state index is 11.7. The molecule has 1 atom stereocenters. The first-order valence-corrected chi connectivity index (χ1v) is 9.89. The molecule has 0 amide bonds. The third-order valence-corrected chi connectivity index (χ3v) is 7.00. The molecule has 1 fully saturated rings. The molecular formula is C18H24O3S2. The van der Waals surface area contributed by atoms with Crippen LogP contribution in [0.5, 0.6) is 0 Å². The minimum absolute atomic E-state index is 0.195. The van der Waals surface area contributed by atoms with Gasteiger partial charge < -0.3 is 9.84 Å². The molecule has 0 aromatic heterocycles. The predicted molar refractivity (Wildman–Crippen MR) is 98.6 cm³/mol. The molecule has 1 aliphatic heterocycles. The number of esters is 1. The van der Waals surface area contributed by atoms with Gasteiger partial charge >= 0.3 is 5.97 Å². The Kier molecular flexibility index (Phi) is 7.53. The molecule has 0 spiro atoms. The van der Waals surface area contributed by atoms with Crippen LogP contribution in [0.2, 0.25) is 0 Å². The number of benzene rings is 1. The second-order valence-corrected chi connectivity index (χ2v) is 9.20. The number of aliphatic hydroxyl groups is 1. The number of thioether (sulfide) groups is 2. The topological polar surface area (TPSA) is 46.5 Å². The van der Waals surface area contributed by atoms with E-state index in [1.54, 1.807) is 0 Å². The van der Waals surface area contributed by atoms with Gasteiger partial charge in [-0.05, 0) is 49.3 Å². The summed E-state index contributed by atoms with van der Waals surface area (Å²) < 4.78 is 5.34. The summed E-state index contributed by atoms with van der Waals surface area (Å²) in [4.78, 5) is 11.7. The van der Waals surface area contributed by atoms with Crippen molar-refractivity contribution in [2.45, 2.75) is 43.0 Å². The molecule has 0 aliphatic carbocycles. The van der Waals surface area contributed by atoms with Gasteiger partial charge in [-0.1, -0.05) is 30.3 Å². The zero-order chi connectivity index (χ0) is 16.5. The van der Waals surface area contributed by atoms with Crippen molar-refractivity contribution in [3.8, 4) is 0 Å². The van der Waals surface area contributed by atoms with Crippen LogP contribution in [-0.2, 0) is 16.1 Å². The standard InChI is InChI=1S/C18H24O3S2/c1-18(22-12-5-13-23-18)11-10-16(19)8-9-17(20)21-14-15-6-3-2-4-7-15/h2-4,6-9,16,19H,5,10-14H2,1H3/b9-8+. The highest BCUT2D eigenvalue weighted by molar-refractivity contribution is 8.18. The Morgan fingerprint density at radius 1 is 1.35 bits per heavy atom. The number of rotatable bonds is 7. The van der Waals surface area contributed by atoms with E-state index >= 15 is 0 Å². The number of carbonyl (C=O) groups is 1.